The minimum atomic E-state index is -1.14. The van der Waals surface area contributed by atoms with Crippen molar-refractivity contribution in [3.05, 3.63) is 90.6 Å². The van der Waals surface area contributed by atoms with Gasteiger partial charge in [0.2, 0.25) is 11.8 Å². The number of hydrogen-bond donors (Lipinski definition) is 5. The number of rotatable bonds is 12. The van der Waals surface area contributed by atoms with Crippen molar-refractivity contribution in [3.8, 4) is 16.9 Å². The van der Waals surface area contributed by atoms with Gasteiger partial charge in [-0.3, -0.25) is 14.4 Å². The fourth-order valence-electron chi connectivity index (χ4n) is 4.34. The van der Waals surface area contributed by atoms with Crippen molar-refractivity contribution in [1.82, 2.24) is 15.6 Å². The second-order valence-corrected chi connectivity index (χ2v) is 9.04. The van der Waals surface area contributed by atoms with Crippen LogP contribution in [0.1, 0.15) is 32.3 Å². The molecule has 40 heavy (non-hydrogen) atoms. The summed E-state index contributed by atoms with van der Waals surface area (Å²) in [6.07, 6.45) is 2.00. The van der Waals surface area contributed by atoms with E-state index >= 15 is 0 Å². The first-order valence-electron chi connectivity index (χ1n) is 12.6. The predicted octanol–water partition coefficient (Wildman–Crippen LogP) is 1.36. The average Bonchev–Trinajstić information content (AvgIpc) is 2.94. The van der Waals surface area contributed by atoms with E-state index in [2.05, 4.69) is 20.9 Å². The molecule has 0 spiro atoms. The van der Waals surface area contributed by atoms with Crippen molar-refractivity contribution >= 4 is 34.4 Å². The molecule has 4 rings (SSSR count). The number of benzene rings is 3. The number of hydrogen-bond acceptors (Lipinski definition) is 6. The molecule has 0 bridgehead atoms. The van der Waals surface area contributed by atoms with Crippen LogP contribution in [-0.4, -0.2) is 46.1 Å². The van der Waals surface area contributed by atoms with E-state index in [1.807, 2.05) is 60.7 Å². The number of aliphatic carboxylic acids is 1. The Morgan fingerprint density at radius 2 is 1.70 bits per heavy atom. The molecular formula is C30H31N4NaO5. The first-order valence-corrected chi connectivity index (χ1v) is 12.6. The Bertz CT molecular complexity index is 1470. The maximum absolute atomic E-state index is 12.6. The molecule has 0 radical (unpaired) electrons. The van der Waals surface area contributed by atoms with E-state index in [9.17, 15) is 24.6 Å². The molecule has 9 nitrogen and oxygen atoms in total. The molecule has 0 saturated heterocycles. The van der Waals surface area contributed by atoms with Crippen LogP contribution in [0, 0.1) is 0 Å². The molecule has 2 amide bonds. The Morgan fingerprint density at radius 1 is 0.925 bits per heavy atom. The van der Waals surface area contributed by atoms with E-state index in [1.54, 1.807) is 24.4 Å². The van der Waals surface area contributed by atoms with Gasteiger partial charge in [-0.15, -0.1) is 0 Å². The molecule has 0 aliphatic heterocycles. The monoisotopic (exact) mass is 550 g/mol. The van der Waals surface area contributed by atoms with Gasteiger partial charge in [0.1, 0.15) is 11.6 Å². The van der Waals surface area contributed by atoms with Crippen LogP contribution in [0.15, 0.2) is 85.1 Å². The number of pyridine rings is 1. The van der Waals surface area contributed by atoms with Crippen molar-refractivity contribution in [2.24, 2.45) is 0 Å². The molecule has 1 unspecified atom stereocenters. The zero-order valence-electron chi connectivity index (χ0n) is 23.3. The van der Waals surface area contributed by atoms with Gasteiger partial charge in [-0.1, -0.05) is 60.7 Å². The summed E-state index contributed by atoms with van der Waals surface area (Å²) in [4.78, 5) is 40.4. The fourth-order valence-corrected chi connectivity index (χ4v) is 4.34. The number of carbonyl (C=O) groups excluding carboxylic acids is 2. The van der Waals surface area contributed by atoms with E-state index in [-0.39, 0.29) is 61.2 Å². The van der Waals surface area contributed by atoms with Crippen LogP contribution in [0.5, 0.6) is 5.75 Å². The van der Waals surface area contributed by atoms with Crippen LogP contribution in [0.4, 0.5) is 5.82 Å². The maximum atomic E-state index is 12.6. The van der Waals surface area contributed by atoms with Crippen molar-refractivity contribution in [3.63, 3.8) is 0 Å². The normalized spacial score (nSPS) is 11.2. The van der Waals surface area contributed by atoms with Crippen molar-refractivity contribution < 1.29 is 55.6 Å². The molecule has 4 aromatic rings. The molecule has 0 aliphatic rings. The molecular weight excluding hydrogens is 519 g/mol. The summed E-state index contributed by atoms with van der Waals surface area (Å²) >= 11 is 0. The van der Waals surface area contributed by atoms with Gasteiger partial charge in [0.05, 0.1) is 19.0 Å². The number of fused-ring (bicyclic) bond motifs is 1. The molecule has 1 aromatic heterocycles. The SMILES string of the molecule is O=C(O)CC(NC(=O)CNC(=O)CCCNc1ccccn1)c1ccc(-c2cccc3ccccc23)cc1O.[H-].[Na+]. The number of anilines is 1. The summed E-state index contributed by atoms with van der Waals surface area (Å²) in [7, 11) is 0. The zero-order chi connectivity index (χ0) is 27.6. The summed E-state index contributed by atoms with van der Waals surface area (Å²) in [6.45, 7) is 0.239. The molecule has 3 aromatic carbocycles. The van der Waals surface area contributed by atoms with Crippen LogP contribution in [0.3, 0.4) is 0 Å². The number of aromatic hydroxyl groups is 1. The van der Waals surface area contributed by atoms with E-state index in [4.69, 9.17) is 0 Å². The summed E-state index contributed by atoms with van der Waals surface area (Å²) in [6, 6.07) is 23.3. The molecule has 5 N–H and O–H groups in total. The molecule has 0 saturated carbocycles. The summed E-state index contributed by atoms with van der Waals surface area (Å²) in [5.41, 5.74) is 1.96. The van der Waals surface area contributed by atoms with Gasteiger partial charge in [-0.05, 0) is 46.5 Å². The van der Waals surface area contributed by atoms with Gasteiger partial charge >= 0.3 is 35.5 Å². The Hall–Kier alpha value is -3.92. The maximum Gasteiger partial charge on any atom is 1.00 e. The van der Waals surface area contributed by atoms with Gasteiger partial charge < -0.3 is 27.6 Å². The minimum absolute atomic E-state index is 0. The molecule has 0 aliphatic carbocycles. The molecule has 10 heteroatoms. The topological polar surface area (TPSA) is 141 Å². The second-order valence-electron chi connectivity index (χ2n) is 9.04. The minimum Gasteiger partial charge on any atom is -1.00 e. The van der Waals surface area contributed by atoms with Crippen LogP contribution >= 0.6 is 0 Å². The number of aromatic nitrogens is 1. The number of amides is 2. The molecule has 1 heterocycles. The Balaban J connectivity index is 0.00000294. The molecule has 1 atom stereocenters. The zero-order valence-corrected chi connectivity index (χ0v) is 24.3. The number of carboxylic acids is 1. The van der Waals surface area contributed by atoms with Gasteiger partial charge in [-0.2, -0.15) is 0 Å². The first kappa shape index (κ1) is 30.6. The Kier molecular flexibility index (Phi) is 11.5. The summed E-state index contributed by atoms with van der Waals surface area (Å²) in [5, 5.41) is 30.6. The van der Waals surface area contributed by atoms with Crippen LogP contribution in [0.25, 0.3) is 21.9 Å². The summed E-state index contributed by atoms with van der Waals surface area (Å²) < 4.78 is 0. The fraction of sp³-hybridized carbons (Fsp3) is 0.200. The standard InChI is InChI=1S/C30H30N4O5.Na.H/c35-26-17-21(23-10-5-8-20-7-1-2-9-22(20)23)13-14-24(26)25(18-30(38)39)34-29(37)19-33-28(36)12-6-16-32-27-11-3-4-15-31-27;;/h1-5,7-11,13-15,17,25,35H,6,12,16,18-19H2,(H,31,32)(H,33,36)(H,34,37)(H,38,39);;/q;+1;-1. The van der Waals surface area contributed by atoms with Crippen LogP contribution < -0.4 is 45.5 Å². The van der Waals surface area contributed by atoms with Crippen molar-refractivity contribution in [1.29, 1.82) is 0 Å². The smallest absolute Gasteiger partial charge is 1.00 e. The third kappa shape index (κ3) is 8.54. The Labute approximate surface area is 255 Å². The number of nitrogens with one attached hydrogen (secondary N) is 3. The van der Waals surface area contributed by atoms with Crippen LogP contribution in [-0.2, 0) is 14.4 Å². The van der Waals surface area contributed by atoms with E-state index in [1.165, 1.54) is 0 Å². The van der Waals surface area contributed by atoms with Gasteiger partial charge in [0.15, 0.2) is 0 Å². The van der Waals surface area contributed by atoms with Crippen LogP contribution in [0.2, 0.25) is 0 Å². The van der Waals surface area contributed by atoms with Crippen molar-refractivity contribution in [2.75, 3.05) is 18.4 Å². The number of nitrogens with zero attached hydrogens (tertiary/aromatic N) is 1. The number of carboxylic acid groups (broad SMARTS) is 1. The quantitative estimate of drug-likeness (QED) is 0.133. The summed E-state index contributed by atoms with van der Waals surface area (Å²) in [5.74, 6) is -1.40. The largest absolute Gasteiger partial charge is 1.00 e. The van der Waals surface area contributed by atoms with E-state index in [0.29, 0.717) is 13.0 Å². The first-order chi connectivity index (χ1) is 18.9. The van der Waals surface area contributed by atoms with Gasteiger partial charge in [0, 0.05) is 24.7 Å². The van der Waals surface area contributed by atoms with E-state index < -0.39 is 24.3 Å². The van der Waals surface area contributed by atoms with E-state index in [0.717, 1.165) is 27.7 Å². The second kappa shape index (κ2) is 15.0. The number of phenolic OH excluding ortho intramolecular Hbond substituents is 1. The molecule has 202 valence electrons. The number of phenols is 1. The predicted molar refractivity (Wildman–Crippen MR) is 150 cm³/mol. The van der Waals surface area contributed by atoms with Gasteiger partial charge in [-0.25, -0.2) is 4.98 Å². The third-order valence-corrected chi connectivity index (χ3v) is 6.22. The van der Waals surface area contributed by atoms with Crippen molar-refractivity contribution in [2.45, 2.75) is 25.3 Å². The Morgan fingerprint density at radius 3 is 2.45 bits per heavy atom. The third-order valence-electron chi connectivity index (χ3n) is 6.22. The average molecular weight is 551 g/mol. The molecule has 0 fully saturated rings. The number of carbonyl (C=O) groups is 3. The van der Waals surface area contributed by atoms with Gasteiger partial charge in [0.25, 0.3) is 0 Å².